The number of anilines is 1. The molecule has 1 saturated carbocycles. The minimum Gasteiger partial charge on any atom is -0.288 e. The van der Waals surface area contributed by atoms with Crippen molar-refractivity contribution in [1.82, 2.24) is 0 Å². The summed E-state index contributed by atoms with van der Waals surface area (Å²) in [6.45, 7) is 4.02. The molecule has 29 heavy (non-hydrogen) atoms. The first kappa shape index (κ1) is 19.9. The van der Waals surface area contributed by atoms with E-state index in [1.807, 2.05) is 24.3 Å². The highest BCUT2D eigenvalue weighted by molar-refractivity contribution is 7.17. The molecule has 2 N–H and O–H groups in total. The maximum absolute atomic E-state index is 8.48. The molecule has 1 aliphatic carbocycles. The molecule has 1 aromatic heterocycles. The van der Waals surface area contributed by atoms with Crippen LogP contribution in [0.3, 0.4) is 0 Å². The Kier molecular flexibility index (Phi) is 5.58. The van der Waals surface area contributed by atoms with Crippen molar-refractivity contribution in [3.63, 3.8) is 0 Å². The minimum absolute atomic E-state index is 0.234. The highest BCUT2D eigenvalue weighted by Gasteiger charge is 2.29. The fraction of sp³-hybridized carbons (Fsp3) is 0.348. The molecule has 4 rings (SSSR count). The summed E-state index contributed by atoms with van der Waals surface area (Å²) in [4.78, 5) is 7.46. The molecular formula is C23H23ClN4S. The Balaban J connectivity index is 1.87. The van der Waals surface area contributed by atoms with Gasteiger partial charge >= 0.3 is 0 Å². The molecule has 0 unspecified atom stereocenters. The van der Waals surface area contributed by atoms with Crippen molar-refractivity contribution in [3.05, 3.63) is 50.9 Å². The van der Waals surface area contributed by atoms with E-state index in [1.165, 1.54) is 25.7 Å². The maximum Gasteiger partial charge on any atom is 0.129 e. The summed E-state index contributed by atoms with van der Waals surface area (Å²) in [5.41, 5.74) is 3.85. The first-order valence-corrected chi connectivity index (χ1v) is 11.0. The number of nitrogens with one attached hydrogen (secondary N) is 2. The lowest BCUT2D eigenvalue weighted by atomic mass is 9.99. The molecule has 4 nitrogen and oxygen atoms in total. The molecule has 0 amide bonds. The van der Waals surface area contributed by atoms with Crippen molar-refractivity contribution in [2.45, 2.75) is 39.5 Å². The number of amidine groups is 2. The van der Waals surface area contributed by atoms with Gasteiger partial charge in [0.15, 0.2) is 0 Å². The van der Waals surface area contributed by atoms with Gasteiger partial charge in [-0.25, -0.2) is 0 Å². The van der Waals surface area contributed by atoms with Crippen LogP contribution in [0.2, 0.25) is 5.02 Å². The Morgan fingerprint density at radius 2 is 1.93 bits per heavy atom. The lowest BCUT2D eigenvalue weighted by molar-refractivity contribution is 0.712. The average molecular weight is 423 g/mol. The van der Waals surface area contributed by atoms with E-state index in [4.69, 9.17) is 27.4 Å². The summed E-state index contributed by atoms with van der Waals surface area (Å²) in [6.07, 6.45) is 4.91. The summed E-state index contributed by atoms with van der Waals surface area (Å²) in [7, 11) is 0. The SMILES string of the molecule is CC(=N)N1C(=N)CN=C(c2ccc(Cl)cc2)c2c1sc(C#CC1CCCC1)c2C. The van der Waals surface area contributed by atoms with Gasteiger partial charge < -0.3 is 0 Å². The van der Waals surface area contributed by atoms with Gasteiger partial charge in [0.05, 0.1) is 17.1 Å². The van der Waals surface area contributed by atoms with Gasteiger partial charge in [-0.15, -0.1) is 11.3 Å². The van der Waals surface area contributed by atoms with E-state index in [1.54, 1.807) is 23.2 Å². The predicted molar refractivity (Wildman–Crippen MR) is 123 cm³/mol. The lowest BCUT2D eigenvalue weighted by Gasteiger charge is -2.20. The quantitative estimate of drug-likeness (QED) is 0.336. The Bertz CT molecular complexity index is 1060. The van der Waals surface area contributed by atoms with Crippen LogP contribution in [0.4, 0.5) is 5.00 Å². The minimum atomic E-state index is 0.234. The van der Waals surface area contributed by atoms with E-state index >= 15 is 0 Å². The van der Waals surface area contributed by atoms with E-state index in [-0.39, 0.29) is 6.54 Å². The van der Waals surface area contributed by atoms with Gasteiger partial charge in [-0.1, -0.05) is 48.4 Å². The zero-order chi connectivity index (χ0) is 20.5. The van der Waals surface area contributed by atoms with Crippen LogP contribution in [0, 0.1) is 35.5 Å². The molecule has 0 spiro atoms. The van der Waals surface area contributed by atoms with Crippen LogP contribution in [-0.4, -0.2) is 23.9 Å². The Labute approximate surface area is 180 Å². The Morgan fingerprint density at radius 1 is 1.24 bits per heavy atom. The van der Waals surface area contributed by atoms with E-state index in [9.17, 15) is 0 Å². The summed E-state index contributed by atoms with van der Waals surface area (Å²) < 4.78 is 0. The number of hydrogen-bond acceptors (Lipinski definition) is 4. The average Bonchev–Trinajstić information content (AvgIpc) is 3.27. The van der Waals surface area contributed by atoms with E-state index in [0.29, 0.717) is 22.6 Å². The number of benzene rings is 1. The van der Waals surface area contributed by atoms with Crippen LogP contribution < -0.4 is 4.90 Å². The summed E-state index contributed by atoms with van der Waals surface area (Å²) >= 11 is 7.65. The second-order valence-corrected chi connectivity index (χ2v) is 8.96. The summed E-state index contributed by atoms with van der Waals surface area (Å²) in [5.74, 6) is 7.98. The van der Waals surface area contributed by atoms with E-state index in [0.717, 1.165) is 32.3 Å². The van der Waals surface area contributed by atoms with Crippen LogP contribution in [-0.2, 0) is 0 Å². The molecule has 2 aromatic rings. The molecule has 0 saturated heterocycles. The van der Waals surface area contributed by atoms with Crippen molar-refractivity contribution in [2.75, 3.05) is 11.4 Å². The molecular weight excluding hydrogens is 400 g/mol. The lowest BCUT2D eigenvalue weighted by Crippen LogP contribution is -2.35. The van der Waals surface area contributed by atoms with Gasteiger partial charge in [0.1, 0.15) is 16.7 Å². The maximum atomic E-state index is 8.48. The molecule has 0 bridgehead atoms. The van der Waals surface area contributed by atoms with Gasteiger partial charge in [0, 0.05) is 22.1 Å². The van der Waals surface area contributed by atoms with Gasteiger partial charge in [0.25, 0.3) is 0 Å². The molecule has 1 fully saturated rings. The van der Waals surface area contributed by atoms with Gasteiger partial charge in [-0.2, -0.15) is 0 Å². The van der Waals surface area contributed by atoms with Crippen LogP contribution in [0.1, 0.15) is 54.2 Å². The zero-order valence-corrected chi connectivity index (χ0v) is 18.2. The van der Waals surface area contributed by atoms with Crippen molar-refractivity contribution in [3.8, 4) is 11.8 Å². The highest BCUT2D eigenvalue weighted by Crippen LogP contribution is 2.39. The third kappa shape index (κ3) is 3.88. The molecule has 2 aliphatic rings. The first-order valence-electron chi connectivity index (χ1n) is 9.84. The fourth-order valence-electron chi connectivity index (χ4n) is 3.92. The van der Waals surface area contributed by atoms with Crippen LogP contribution in [0.25, 0.3) is 0 Å². The second kappa shape index (κ2) is 8.14. The number of nitrogens with zero attached hydrogens (tertiary/aromatic N) is 2. The van der Waals surface area contributed by atoms with Gasteiger partial charge in [-0.3, -0.25) is 20.7 Å². The largest absolute Gasteiger partial charge is 0.288 e. The first-order chi connectivity index (χ1) is 14.0. The normalized spacial score (nSPS) is 16.7. The van der Waals surface area contributed by atoms with Crippen LogP contribution in [0.5, 0.6) is 0 Å². The summed E-state index contributed by atoms with van der Waals surface area (Å²) in [6, 6.07) is 7.64. The highest BCUT2D eigenvalue weighted by atomic mass is 35.5. The van der Waals surface area contributed by atoms with Crippen molar-refractivity contribution in [1.29, 1.82) is 10.8 Å². The van der Waals surface area contributed by atoms with Crippen molar-refractivity contribution >= 4 is 45.3 Å². The van der Waals surface area contributed by atoms with Crippen LogP contribution in [0.15, 0.2) is 29.3 Å². The molecule has 148 valence electrons. The summed E-state index contributed by atoms with van der Waals surface area (Å²) in [5, 5.41) is 18.3. The smallest absolute Gasteiger partial charge is 0.129 e. The number of fused-ring (bicyclic) bond motifs is 1. The number of rotatable bonds is 1. The molecule has 0 radical (unpaired) electrons. The molecule has 0 atom stereocenters. The molecule has 6 heteroatoms. The Morgan fingerprint density at radius 3 is 2.59 bits per heavy atom. The van der Waals surface area contributed by atoms with Crippen molar-refractivity contribution in [2.24, 2.45) is 10.9 Å². The number of hydrogen-bond donors (Lipinski definition) is 2. The third-order valence-corrected chi connectivity index (χ3v) is 6.87. The molecule has 1 aliphatic heterocycles. The zero-order valence-electron chi connectivity index (χ0n) is 16.6. The topological polar surface area (TPSA) is 63.3 Å². The van der Waals surface area contributed by atoms with E-state index in [2.05, 4.69) is 18.8 Å². The molecule has 2 heterocycles. The number of thiophene rings is 1. The second-order valence-electron chi connectivity index (χ2n) is 7.53. The van der Waals surface area contributed by atoms with Crippen molar-refractivity contribution < 1.29 is 0 Å². The van der Waals surface area contributed by atoms with Crippen LogP contribution >= 0.6 is 22.9 Å². The third-order valence-electron chi connectivity index (χ3n) is 5.42. The van der Waals surface area contributed by atoms with E-state index < -0.39 is 0 Å². The predicted octanol–water partition coefficient (Wildman–Crippen LogP) is 5.88. The van der Waals surface area contributed by atoms with Gasteiger partial charge in [-0.05, 0) is 44.4 Å². The van der Waals surface area contributed by atoms with Gasteiger partial charge in [0.2, 0.25) is 0 Å². The Hall–Kier alpha value is -2.42. The molecule has 1 aromatic carbocycles. The number of halogens is 1. The standard InChI is InChI=1S/C23H23ClN4S/c1-14-19(12-7-16-5-3-4-6-16)29-23-21(14)22(17-8-10-18(24)11-9-17)27-13-20(26)28(23)15(2)25/h8-11,16,25-26H,3-6,13H2,1-2H3. The number of aliphatic imine (C=N–C) groups is 1. The monoisotopic (exact) mass is 422 g/mol. The fourth-order valence-corrected chi connectivity index (χ4v) is 5.29.